The molecule has 2 aromatic carbocycles. The molecule has 7 heteroatoms. The SMILES string of the molecule is Cn1ncc2cc([C@H]3CC[C@H](CN(c4cccc(-c5cnc(C6CC6)s5)c4)C(=O)[C@H]4CC[C@H](O)CC4)CC3)ccc21. The molecular formula is C34H40N4O2S. The number of amides is 1. The second-order valence-corrected chi connectivity index (χ2v) is 13.7. The number of benzene rings is 2. The molecule has 0 atom stereocenters. The molecule has 0 radical (unpaired) electrons. The van der Waals surface area contributed by atoms with Crippen molar-refractivity contribution in [1.29, 1.82) is 0 Å². The smallest absolute Gasteiger partial charge is 0.230 e. The van der Waals surface area contributed by atoms with E-state index in [1.807, 2.05) is 24.1 Å². The van der Waals surface area contributed by atoms with Crippen LogP contribution in [0.25, 0.3) is 21.3 Å². The monoisotopic (exact) mass is 568 g/mol. The van der Waals surface area contributed by atoms with Gasteiger partial charge in [-0.05, 0) is 111 Å². The molecule has 2 aromatic heterocycles. The number of aryl methyl sites for hydroxylation is 1. The Kier molecular flexibility index (Phi) is 7.42. The average Bonchev–Trinajstić information content (AvgIpc) is 3.62. The molecule has 7 rings (SSSR count). The van der Waals surface area contributed by atoms with Crippen LogP contribution in [-0.2, 0) is 11.8 Å². The van der Waals surface area contributed by atoms with Crippen LogP contribution in [0, 0.1) is 11.8 Å². The number of fused-ring (bicyclic) bond motifs is 1. The van der Waals surface area contributed by atoms with Gasteiger partial charge in [-0.2, -0.15) is 5.10 Å². The van der Waals surface area contributed by atoms with Gasteiger partial charge in [0.05, 0.1) is 27.7 Å². The molecular weight excluding hydrogens is 528 g/mol. The largest absolute Gasteiger partial charge is 0.393 e. The zero-order valence-corrected chi connectivity index (χ0v) is 24.7. The van der Waals surface area contributed by atoms with Crippen molar-refractivity contribution in [2.45, 2.75) is 82.1 Å². The summed E-state index contributed by atoms with van der Waals surface area (Å²) >= 11 is 1.80. The predicted molar refractivity (Wildman–Crippen MR) is 165 cm³/mol. The number of carbonyl (C=O) groups is 1. The minimum Gasteiger partial charge on any atom is -0.393 e. The van der Waals surface area contributed by atoms with Gasteiger partial charge < -0.3 is 10.0 Å². The fourth-order valence-electron chi connectivity index (χ4n) is 7.01. The first-order valence-electron chi connectivity index (χ1n) is 15.5. The lowest BCUT2D eigenvalue weighted by Crippen LogP contribution is -2.41. The molecule has 1 amide bonds. The van der Waals surface area contributed by atoms with Crippen molar-refractivity contribution in [1.82, 2.24) is 14.8 Å². The van der Waals surface area contributed by atoms with E-state index in [-0.39, 0.29) is 17.9 Å². The molecule has 3 saturated carbocycles. The average molecular weight is 569 g/mol. The lowest BCUT2D eigenvalue weighted by atomic mass is 9.78. The van der Waals surface area contributed by atoms with Crippen molar-refractivity contribution in [3.05, 3.63) is 65.4 Å². The maximum atomic E-state index is 14.1. The number of rotatable bonds is 7. The molecule has 1 N–H and O–H groups in total. The normalized spacial score (nSPS) is 24.9. The molecule has 41 heavy (non-hydrogen) atoms. The molecule has 214 valence electrons. The van der Waals surface area contributed by atoms with E-state index in [1.165, 1.54) is 39.2 Å². The summed E-state index contributed by atoms with van der Waals surface area (Å²) < 4.78 is 1.94. The summed E-state index contributed by atoms with van der Waals surface area (Å²) in [6, 6.07) is 15.4. The highest BCUT2D eigenvalue weighted by molar-refractivity contribution is 7.15. The topological polar surface area (TPSA) is 71.2 Å². The van der Waals surface area contributed by atoms with E-state index in [9.17, 15) is 9.90 Å². The van der Waals surface area contributed by atoms with Gasteiger partial charge in [-0.1, -0.05) is 18.2 Å². The molecule has 4 aromatic rings. The number of carbonyl (C=O) groups excluding carboxylic acids is 1. The van der Waals surface area contributed by atoms with Crippen LogP contribution in [-0.4, -0.2) is 38.4 Å². The van der Waals surface area contributed by atoms with Crippen molar-refractivity contribution >= 4 is 33.8 Å². The van der Waals surface area contributed by atoms with Crippen LogP contribution in [0.5, 0.6) is 0 Å². The van der Waals surface area contributed by atoms with Crippen LogP contribution < -0.4 is 4.90 Å². The third-order valence-electron chi connectivity index (χ3n) is 9.73. The summed E-state index contributed by atoms with van der Waals surface area (Å²) in [5.41, 5.74) is 4.75. The highest BCUT2D eigenvalue weighted by atomic mass is 32.1. The van der Waals surface area contributed by atoms with Gasteiger partial charge in [0.15, 0.2) is 0 Å². The van der Waals surface area contributed by atoms with Gasteiger partial charge in [-0.15, -0.1) is 11.3 Å². The Bertz CT molecular complexity index is 1520. The molecule has 0 spiro atoms. The van der Waals surface area contributed by atoms with Crippen molar-refractivity contribution in [2.75, 3.05) is 11.4 Å². The molecule has 0 aliphatic heterocycles. The highest BCUT2D eigenvalue weighted by Crippen LogP contribution is 2.44. The summed E-state index contributed by atoms with van der Waals surface area (Å²) in [6.07, 6.45) is 13.8. The second kappa shape index (κ2) is 11.3. The molecule has 0 bridgehead atoms. The lowest BCUT2D eigenvalue weighted by Gasteiger charge is -2.36. The summed E-state index contributed by atoms with van der Waals surface area (Å²) in [5, 5.41) is 17.0. The van der Waals surface area contributed by atoms with Crippen LogP contribution in [0.2, 0.25) is 0 Å². The number of aliphatic hydroxyl groups excluding tert-OH is 1. The summed E-state index contributed by atoms with van der Waals surface area (Å²) in [6.45, 7) is 0.770. The number of anilines is 1. The standard InChI is InChI=1S/C34H40N4O2S/c1-37-31-16-13-26(17-28(31)19-36-37)23-7-5-22(6-8-23)21-38(34(40)25-11-14-30(39)15-12-25)29-4-2-3-27(18-29)32-20-35-33(41-32)24-9-10-24/h2-4,13,16-20,22-25,30,39H,5-12,14-15,21H2,1H3/t22-,23-,25-,30-. The molecule has 3 fully saturated rings. The quantitative estimate of drug-likeness (QED) is 0.252. The Hall–Kier alpha value is -3.03. The molecule has 3 aliphatic rings. The van der Waals surface area contributed by atoms with Crippen molar-refractivity contribution < 1.29 is 9.90 Å². The van der Waals surface area contributed by atoms with E-state index < -0.39 is 0 Å². The Morgan fingerprint density at radius 3 is 2.51 bits per heavy atom. The molecule has 6 nitrogen and oxygen atoms in total. The summed E-state index contributed by atoms with van der Waals surface area (Å²) in [7, 11) is 1.99. The van der Waals surface area contributed by atoms with Gasteiger partial charge in [0.2, 0.25) is 5.91 Å². The first-order valence-corrected chi connectivity index (χ1v) is 16.3. The number of hydrogen-bond donors (Lipinski definition) is 1. The number of aliphatic hydroxyl groups is 1. The van der Waals surface area contributed by atoms with Gasteiger partial charge in [0.1, 0.15) is 0 Å². The third kappa shape index (κ3) is 5.71. The van der Waals surface area contributed by atoms with E-state index in [0.29, 0.717) is 17.8 Å². The van der Waals surface area contributed by atoms with Crippen LogP contribution in [0.15, 0.2) is 54.9 Å². The third-order valence-corrected chi connectivity index (χ3v) is 10.9. The first kappa shape index (κ1) is 26.8. The van der Waals surface area contributed by atoms with Gasteiger partial charge in [0.25, 0.3) is 0 Å². The van der Waals surface area contributed by atoms with E-state index in [1.54, 1.807) is 11.3 Å². The van der Waals surface area contributed by atoms with Crippen LogP contribution in [0.1, 0.15) is 86.6 Å². The maximum absolute atomic E-state index is 14.1. The number of nitrogens with zero attached hydrogens (tertiary/aromatic N) is 4. The molecule has 0 unspecified atom stereocenters. The Morgan fingerprint density at radius 1 is 0.951 bits per heavy atom. The minimum atomic E-state index is -0.260. The van der Waals surface area contributed by atoms with Crippen molar-refractivity contribution in [3.63, 3.8) is 0 Å². The summed E-state index contributed by atoms with van der Waals surface area (Å²) in [4.78, 5) is 22.1. The predicted octanol–water partition coefficient (Wildman–Crippen LogP) is 7.43. The van der Waals surface area contributed by atoms with Gasteiger partial charge >= 0.3 is 0 Å². The van der Waals surface area contributed by atoms with Crippen molar-refractivity contribution in [2.24, 2.45) is 18.9 Å². The van der Waals surface area contributed by atoms with Crippen LogP contribution >= 0.6 is 11.3 Å². The molecule has 2 heterocycles. The number of thiazole rings is 1. The molecule has 0 saturated heterocycles. The van der Waals surface area contributed by atoms with Crippen molar-refractivity contribution in [3.8, 4) is 10.4 Å². The zero-order valence-electron chi connectivity index (χ0n) is 23.9. The van der Waals surface area contributed by atoms with Crippen LogP contribution in [0.3, 0.4) is 0 Å². The lowest BCUT2D eigenvalue weighted by molar-refractivity contribution is -0.124. The minimum absolute atomic E-state index is 0.00511. The zero-order chi connectivity index (χ0) is 27.9. The maximum Gasteiger partial charge on any atom is 0.230 e. The van der Waals surface area contributed by atoms with Gasteiger partial charge in [0, 0.05) is 42.7 Å². The van der Waals surface area contributed by atoms with E-state index >= 15 is 0 Å². The van der Waals surface area contributed by atoms with E-state index in [0.717, 1.165) is 69.2 Å². The Labute approximate surface area is 246 Å². The highest BCUT2D eigenvalue weighted by Gasteiger charge is 2.33. The van der Waals surface area contributed by atoms with Crippen LogP contribution in [0.4, 0.5) is 5.69 Å². The number of hydrogen-bond acceptors (Lipinski definition) is 5. The Morgan fingerprint density at radius 2 is 1.73 bits per heavy atom. The van der Waals surface area contributed by atoms with E-state index in [4.69, 9.17) is 4.98 Å². The van der Waals surface area contributed by atoms with Gasteiger partial charge in [-0.3, -0.25) is 9.48 Å². The summed E-state index contributed by atoms with van der Waals surface area (Å²) in [5.74, 6) is 1.93. The second-order valence-electron chi connectivity index (χ2n) is 12.6. The first-order chi connectivity index (χ1) is 20.0. The molecule has 3 aliphatic carbocycles. The number of aromatic nitrogens is 3. The Balaban J connectivity index is 1.09. The van der Waals surface area contributed by atoms with E-state index in [2.05, 4.69) is 52.5 Å². The fourth-order valence-corrected chi connectivity index (χ4v) is 8.09. The van der Waals surface area contributed by atoms with Gasteiger partial charge in [-0.25, -0.2) is 4.98 Å². The fraction of sp³-hybridized carbons (Fsp3) is 0.500.